The monoisotopic (exact) mass is 404 g/mol. The molecule has 2 aromatic carbocycles. The van der Waals surface area contributed by atoms with E-state index in [9.17, 15) is 14.0 Å². The van der Waals surface area contributed by atoms with Gasteiger partial charge in [0.2, 0.25) is 0 Å². The molecule has 0 aliphatic carbocycles. The number of para-hydroxylation sites is 1. The van der Waals surface area contributed by atoms with Crippen molar-refractivity contribution in [2.24, 2.45) is 4.99 Å². The first-order chi connectivity index (χ1) is 13.1. The molecule has 0 spiro atoms. The van der Waals surface area contributed by atoms with Gasteiger partial charge in [-0.25, -0.2) is 9.18 Å². The first-order valence-electron chi connectivity index (χ1n) is 8.23. The number of amides is 1. The predicted octanol–water partition coefficient (Wildman–Crippen LogP) is 3.96. The summed E-state index contributed by atoms with van der Waals surface area (Å²) in [6.45, 7) is 0.338. The molecule has 1 aliphatic heterocycles. The molecule has 2 aromatic rings. The van der Waals surface area contributed by atoms with Crippen molar-refractivity contribution in [1.82, 2.24) is 0 Å². The molecule has 0 fully saturated rings. The van der Waals surface area contributed by atoms with Gasteiger partial charge in [0.05, 0.1) is 17.8 Å². The summed E-state index contributed by atoms with van der Waals surface area (Å²) in [6, 6.07) is 12.9. The van der Waals surface area contributed by atoms with E-state index in [2.05, 4.69) is 10.3 Å². The van der Waals surface area contributed by atoms with E-state index in [1.54, 1.807) is 41.7 Å². The van der Waals surface area contributed by atoms with E-state index in [0.717, 1.165) is 22.2 Å². The molecule has 8 heteroatoms. The fraction of sp³-hybridized carbons (Fsp3) is 0.211. The van der Waals surface area contributed by atoms with Crippen LogP contribution >= 0.6 is 23.5 Å². The Kier molecular flexibility index (Phi) is 6.89. The van der Waals surface area contributed by atoms with Crippen LogP contribution < -0.4 is 5.32 Å². The smallest absolute Gasteiger partial charge is 0.338 e. The molecule has 140 valence electrons. The third-order valence-electron chi connectivity index (χ3n) is 3.63. The molecule has 0 atom stereocenters. The van der Waals surface area contributed by atoms with E-state index >= 15 is 0 Å². The van der Waals surface area contributed by atoms with Crippen molar-refractivity contribution in [2.75, 3.05) is 24.2 Å². The maximum atomic E-state index is 13.5. The number of halogens is 1. The van der Waals surface area contributed by atoms with Crippen molar-refractivity contribution in [1.29, 1.82) is 0 Å². The molecule has 1 aliphatic rings. The lowest BCUT2D eigenvalue weighted by atomic mass is 10.1. The minimum absolute atomic E-state index is 0.0465. The lowest BCUT2D eigenvalue weighted by Gasteiger charge is -2.10. The van der Waals surface area contributed by atoms with Crippen LogP contribution in [0.2, 0.25) is 0 Å². The van der Waals surface area contributed by atoms with Gasteiger partial charge in [-0.3, -0.25) is 9.79 Å². The van der Waals surface area contributed by atoms with Gasteiger partial charge in [0.15, 0.2) is 6.61 Å². The van der Waals surface area contributed by atoms with Gasteiger partial charge in [0.25, 0.3) is 5.91 Å². The van der Waals surface area contributed by atoms with Gasteiger partial charge < -0.3 is 10.1 Å². The summed E-state index contributed by atoms with van der Waals surface area (Å²) < 4.78 is 19.7. The fourth-order valence-electron chi connectivity index (χ4n) is 2.35. The first kappa shape index (κ1) is 19.4. The van der Waals surface area contributed by atoms with Gasteiger partial charge in [0, 0.05) is 11.5 Å². The second-order valence-corrected chi connectivity index (χ2v) is 7.85. The van der Waals surface area contributed by atoms with E-state index in [-0.39, 0.29) is 5.69 Å². The summed E-state index contributed by atoms with van der Waals surface area (Å²) in [5.41, 5.74) is 1.27. The highest BCUT2D eigenvalue weighted by Crippen LogP contribution is 2.26. The quantitative estimate of drug-likeness (QED) is 0.738. The van der Waals surface area contributed by atoms with Crippen molar-refractivity contribution in [2.45, 2.75) is 5.75 Å². The lowest BCUT2D eigenvalue weighted by Crippen LogP contribution is -2.21. The van der Waals surface area contributed by atoms with Crippen LogP contribution in [0, 0.1) is 5.82 Å². The largest absolute Gasteiger partial charge is 0.452 e. The first-order valence-corrected chi connectivity index (χ1v) is 10.2. The Hall–Kier alpha value is -2.32. The van der Waals surface area contributed by atoms with Crippen LogP contribution in [0.25, 0.3) is 0 Å². The highest BCUT2D eigenvalue weighted by Gasteiger charge is 2.16. The SMILES string of the molecule is O=C(COC(=O)c1ccccc1CSC1=NCCS1)Nc1ccccc1F. The Bertz CT molecular complexity index is 874. The van der Waals surface area contributed by atoms with Crippen LogP contribution in [-0.2, 0) is 15.3 Å². The van der Waals surface area contributed by atoms with Gasteiger partial charge >= 0.3 is 5.97 Å². The normalized spacial score (nSPS) is 13.1. The summed E-state index contributed by atoms with van der Waals surface area (Å²) in [4.78, 5) is 28.6. The molecular weight excluding hydrogens is 387 g/mol. The Balaban J connectivity index is 1.56. The molecule has 0 saturated carbocycles. The molecule has 5 nitrogen and oxygen atoms in total. The molecule has 1 amide bonds. The molecule has 0 radical (unpaired) electrons. The summed E-state index contributed by atoms with van der Waals surface area (Å²) in [6.07, 6.45) is 0. The van der Waals surface area contributed by atoms with Crippen molar-refractivity contribution in [3.8, 4) is 0 Å². The highest BCUT2D eigenvalue weighted by atomic mass is 32.2. The lowest BCUT2D eigenvalue weighted by molar-refractivity contribution is -0.119. The van der Waals surface area contributed by atoms with E-state index in [1.165, 1.54) is 18.2 Å². The van der Waals surface area contributed by atoms with Gasteiger partial charge in [-0.1, -0.05) is 53.9 Å². The Labute approximate surface area is 164 Å². The van der Waals surface area contributed by atoms with Crippen LogP contribution in [0.1, 0.15) is 15.9 Å². The molecule has 1 N–H and O–H groups in total. The summed E-state index contributed by atoms with van der Waals surface area (Å²) >= 11 is 3.29. The number of ether oxygens (including phenoxy) is 1. The van der Waals surface area contributed by atoms with Gasteiger partial charge in [-0.05, 0) is 23.8 Å². The second-order valence-electron chi connectivity index (χ2n) is 5.55. The number of carbonyl (C=O) groups is 2. The third kappa shape index (κ3) is 5.58. The van der Waals surface area contributed by atoms with Crippen molar-refractivity contribution >= 4 is 45.5 Å². The predicted molar refractivity (Wildman–Crippen MR) is 108 cm³/mol. The molecule has 1 heterocycles. The molecule has 27 heavy (non-hydrogen) atoms. The highest BCUT2D eigenvalue weighted by molar-refractivity contribution is 8.38. The van der Waals surface area contributed by atoms with Crippen molar-refractivity contribution < 1.29 is 18.7 Å². The van der Waals surface area contributed by atoms with E-state index < -0.39 is 24.3 Å². The van der Waals surface area contributed by atoms with Gasteiger partial charge in [-0.15, -0.1) is 0 Å². The number of carbonyl (C=O) groups excluding carboxylic acids is 2. The number of benzene rings is 2. The number of aliphatic imine (C=N–C) groups is 1. The standard InChI is InChI=1S/C19H17FN2O3S2/c20-15-7-3-4-8-16(15)22-17(23)11-25-18(24)14-6-2-1-5-13(14)12-27-19-21-9-10-26-19/h1-8H,9-12H2,(H,22,23). The number of nitrogens with zero attached hydrogens (tertiary/aromatic N) is 1. The van der Waals surface area contributed by atoms with Crippen molar-refractivity contribution in [3.05, 3.63) is 65.5 Å². The Morgan fingerprint density at radius 2 is 1.96 bits per heavy atom. The number of anilines is 1. The molecule has 0 aromatic heterocycles. The second kappa shape index (κ2) is 9.57. The fourth-order valence-corrected chi connectivity index (χ4v) is 4.36. The molecule has 3 rings (SSSR count). The number of hydrogen-bond acceptors (Lipinski definition) is 6. The molecule has 0 unspecified atom stereocenters. The average Bonchev–Trinajstić information content (AvgIpc) is 3.20. The van der Waals surface area contributed by atoms with E-state index in [1.807, 2.05) is 12.1 Å². The van der Waals surface area contributed by atoms with Gasteiger partial charge in [-0.2, -0.15) is 0 Å². The van der Waals surface area contributed by atoms with Crippen LogP contribution in [0.5, 0.6) is 0 Å². The van der Waals surface area contributed by atoms with E-state index in [0.29, 0.717) is 11.3 Å². The summed E-state index contributed by atoms with van der Waals surface area (Å²) in [5.74, 6) is -0.151. The maximum absolute atomic E-state index is 13.5. The maximum Gasteiger partial charge on any atom is 0.338 e. The van der Waals surface area contributed by atoms with Crippen molar-refractivity contribution in [3.63, 3.8) is 0 Å². The topological polar surface area (TPSA) is 67.8 Å². The van der Waals surface area contributed by atoms with Gasteiger partial charge in [0.1, 0.15) is 10.2 Å². The molecule has 0 saturated heterocycles. The number of thioether (sulfide) groups is 2. The zero-order chi connectivity index (χ0) is 19.1. The summed E-state index contributed by atoms with van der Waals surface area (Å²) in [7, 11) is 0. The minimum Gasteiger partial charge on any atom is -0.452 e. The molecular formula is C19H17FN2O3S2. The van der Waals surface area contributed by atoms with Crippen LogP contribution in [0.3, 0.4) is 0 Å². The number of esters is 1. The van der Waals surface area contributed by atoms with Crippen LogP contribution in [0.15, 0.2) is 53.5 Å². The summed E-state index contributed by atoms with van der Waals surface area (Å²) in [5, 5.41) is 2.38. The Morgan fingerprint density at radius 3 is 2.74 bits per heavy atom. The van der Waals surface area contributed by atoms with E-state index in [4.69, 9.17) is 4.74 Å². The number of nitrogens with one attached hydrogen (secondary N) is 1. The minimum atomic E-state index is -0.600. The number of rotatable bonds is 6. The Morgan fingerprint density at radius 1 is 1.19 bits per heavy atom. The van der Waals surface area contributed by atoms with Crippen LogP contribution in [0.4, 0.5) is 10.1 Å². The average molecular weight is 404 g/mol. The zero-order valence-corrected chi connectivity index (χ0v) is 15.9. The molecule has 0 bridgehead atoms. The number of hydrogen-bond donors (Lipinski definition) is 1. The van der Waals surface area contributed by atoms with Crippen LogP contribution in [-0.4, -0.2) is 35.2 Å². The zero-order valence-electron chi connectivity index (χ0n) is 14.3. The third-order valence-corrected chi connectivity index (χ3v) is 5.93.